The molecule has 2 N–H and O–H groups in total. The van der Waals surface area contributed by atoms with Crippen LogP contribution in [0.3, 0.4) is 0 Å². The Balaban J connectivity index is 1.82. The van der Waals surface area contributed by atoms with Crippen LogP contribution < -0.4 is 14.8 Å². The maximum absolute atomic E-state index is 12.9. The number of nitrogens with one attached hydrogen (secondary N) is 2. The largest absolute Gasteiger partial charge is 0.497 e. The Morgan fingerprint density at radius 1 is 1.12 bits per heavy atom. The predicted octanol–water partition coefficient (Wildman–Crippen LogP) is 2.18. The lowest BCUT2D eigenvalue weighted by atomic mass is 9.97. The molecule has 1 atom stereocenters. The molecule has 0 bridgehead atoms. The van der Waals surface area contributed by atoms with E-state index in [0.717, 1.165) is 11.3 Å². The summed E-state index contributed by atoms with van der Waals surface area (Å²) >= 11 is 0. The van der Waals surface area contributed by atoms with Crippen molar-refractivity contribution < 1.29 is 14.3 Å². The fourth-order valence-electron chi connectivity index (χ4n) is 2.58. The van der Waals surface area contributed by atoms with Gasteiger partial charge in [-0.2, -0.15) is 5.21 Å². The average Bonchev–Trinajstić information content (AvgIpc) is 3.20. The number of aromatic nitrogens is 4. The fourth-order valence-corrected chi connectivity index (χ4v) is 2.58. The molecular formula is C18H19N5O3. The van der Waals surface area contributed by atoms with Gasteiger partial charge in [-0.15, -0.1) is 10.2 Å². The van der Waals surface area contributed by atoms with E-state index in [2.05, 4.69) is 25.9 Å². The molecule has 134 valence electrons. The summed E-state index contributed by atoms with van der Waals surface area (Å²) in [5, 5.41) is 16.8. The van der Waals surface area contributed by atoms with E-state index >= 15 is 0 Å². The van der Waals surface area contributed by atoms with Crippen LogP contribution in [-0.4, -0.2) is 40.8 Å². The summed E-state index contributed by atoms with van der Waals surface area (Å²) in [5.41, 5.74) is 1.56. The molecule has 0 fully saturated rings. The lowest BCUT2D eigenvalue weighted by Gasteiger charge is -2.15. The first kappa shape index (κ1) is 17.4. The molecule has 26 heavy (non-hydrogen) atoms. The third kappa shape index (κ3) is 4.15. The van der Waals surface area contributed by atoms with E-state index in [9.17, 15) is 4.79 Å². The lowest BCUT2D eigenvalue weighted by Crippen LogP contribution is -2.24. The van der Waals surface area contributed by atoms with Crippen LogP contribution in [0.2, 0.25) is 0 Å². The molecule has 0 saturated carbocycles. The number of amides is 1. The van der Waals surface area contributed by atoms with Crippen molar-refractivity contribution in [2.24, 2.45) is 0 Å². The van der Waals surface area contributed by atoms with E-state index < -0.39 is 5.92 Å². The Hall–Kier alpha value is -3.42. The number of hydrogen-bond acceptors (Lipinski definition) is 6. The molecule has 0 saturated heterocycles. The molecule has 1 aromatic heterocycles. The molecular weight excluding hydrogens is 334 g/mol. The number of carbonyl (C=O) groups is 1. The molecule has 0 spiro atoms. The quantitative estimate of drug-likeness (QED) is 0.675. The number of ether oxygens (including phenoxy) is 2. The number of rotatable bonds is 7. The highest BCUT2D eigenvalue weighted by Gasteiger charge is 2.25. The molecule has 1 amide bonds. The van der Waals surface area contributed by atoms with E-state index in [1.54, 1.807) is 32.4 Å². The number of aromatic amines is 1. The van der Waals surface area contributed by atoms with Gasteiger partial charge in [-0.1, -0.05) is 23.4 Å². The van der Waals surface area contributed by atoms with Crippen molar-refractivity contribution >= 4 is 11.6 Å². The van der Waals surface area contributed by atoms with Crippen molar-refractivity contribution in [3.8, 4) is 11.5 Å². The smallest absolute Gasteiger partial charge is 0.235 e. The van der Waals surface area contributed by atoms with Gasteiger partial charge in [0.25, 0.3) is 0 Å². The maximum atomic E-state index is 12.9. The lowest BCUT2D eigenvalue weighted by molar-refractivity contribution is -0.117. The van der Waals surface area contributed by atoms with Gasteiger partial charge in [0.1, 0.15) is 17.4 Å². The molecule has 3 rings (SSSR count). The van der Waals surface area contributed by atoms with Crippen molar-refractivity contribution in [3.05, 3.63) is 59.9 Å². The second-order valence-corrected chi connectivity index (χ2v) is 5.60. The molecule has 0 aliphatic heterocycles. The van der Waals surface area contributed by atoms with Crippen molar-refractivity contribution in [1.82, 2.24) is 20.6 Å². The minimum absolute atomic E-state index is 0.234. The zero-order chi connectivity index (χ0) is 18.4. The van der Waals surface area contributed by atoms with Gasteiger partial charge in [0, 0.05) is 11.8 Å². The number of hydrogen-bond donors (Lipinski definition) is 2. The third-order valence-corrected chi connectivity index (χ3v) is 3.90. The average molecular weight is 353 g/mol. The zero-order valence-corrected chi connectivity index (χ0v) is 14.5. The summed E-state index contributed by atoms with van der Waals surface area (Å²) in [6, 6.07) is 14.7. The number of carbonyl (C=O) groups excluding carboxylic acids is 1. The van der Waals surface area contributed by atoms with Gasteiger partial charge in [0.05, 0.1) is 14.2 Å². The number of anilines is 1. The maximum Gasteiger partial charge on any atom is 0.235 e. The minimum Gasteiger partial charge on any atom is -0.497 e. The first-order valence-corrected chi connectivity index (χ1v) is 8.01. The van der Waals surface area contributed by atoms with Gasteiger partial charge in [0.15, 0.2) is 5.82 Å². The summed E-state index contributed by atoms with van der Waals surface area (Å²) in [6.07, 6.45) is 0.409. The molecule has 0 aliphatic carbocycles. The fraction of sp³-hybridized carbons (Fsp3) is 0.222. The van der Waals surface area contributed by atoms with Gasteiger partial charge in [-0.05, 0) is 36.2 Å². The van der Waals surface area contributed by atoms with Gasteiger partial charge in [0.2, 0.25) is 5.91 Å². The summed E-state index contributed by atoms with van der Waals surface area (Å²) in [4.78, 5) is 12.9. The van der Waals surface area contributed by atoms with Crippen molar-refractivity contribution in [2.45, 2.75) is 12.3 Å². The van der Waals surface area contributed by atoms with E-state index in [1.807, 2.05) is 30.3 Å². The molecule has 2 aromatic carbocycles. The minimum atomic E-state index is -0.605. The highest BCUT2D eigenvalue weighted by atomic mass is 16.5. The molecule has 1 heterocycles. The highest BCUT2D eigenvalue weighted by molar-refractivity contribution is 5.95. The second-order valence-electron chi connectivity index (χ2n) is 5.60. The van der Waals surface area contributed by atoms with Gasteiger partial charge in [-0.3, -0.25) is 4.79 Å². The van der Waals surface area contributed by atoms with Gasteiger partial charge in [-0.25, -0.2) is 0 Å². The number of methoxy groups -OCH3 is 2. The predicted molar refractivity (Wildman–Crippen MR) is 95.2 cm³/mol. The van der Waals surface area contributed by atoms with Crippen molar-refractivity contribution in [2.75, 3.05) is 19.5 Å². The van der Waals surface area contributed by atoms with Crippen LogP contribution in [0.15, 0.2) is 48.5 Å². The molecule has 0 unspecified atom stereocenters. The number of H-pyrrole nitrogens is 1. The zero-order valence-electron chi connectivity index (χ0n) is 14.5. The SMILES string of the molecule is COc1cccc(C[C@H](C(=O)Nc2cccc(OC)c2)c2nn[nH]n2)c1. The van der Waals surface area contributed by atoms with Crippen LogP contribution in [-0.2, 0) is 11.2 Å². The normalized spacial score (nSPS) is 11.6. The number of nitrogens with zero attached hydrogens (tertiary/aromatic N) is 3. The van der Waals surface area contributed by atoms with Crippen LogP contribution in [0.4, 0.5) is 5.69 Å². The van der Waals surface area contributed by atoms with Crippen LogP contribution in [0.25, 0.3) is 0 Å². The Morgan fingerprint density at radius 2 is 1.85 bits per heavy atom. The Kier molecular flexibility index (Phi) is 5.43. The topological polar surface area (TPSA) is 102 Å². The first-order chi connectivity index (χ1) is 12.7. The summed E-state index contributed by atoms with van der Waals surface area (Å²) in [7, 11) is 3.18. The molecule has 8 heteroatoms. The van der Waals surface area contributed by atoms with E-state index in [1.165, 1.54) is 0 Å². The Morgan fingerprint density at radius 3 is 2.54 bits per heavy atom. The van der Waals surface area contributed by atoms with Gasteiger partial charge >= 0.3 is 0 Å². The summed E-state index contributed by atoms with van der Waals surface area (Å²) < 4.78 is 10.4. The first-order valence-electron chi connectivity index (χ1n) is 8.01. The van der Waals surface area contributed by atoms with E-state index in [4.69, 9.17) is 9.47 Å². The number of tetrazole rings is 1. The monoisotopic (exact) mass is 353 g/mol. The van der Waals surface area contributed by atoms with Crippen LogP contribution in [0.1, 0.15) is 17.3 Å². The molecule has 0 radical (unpaired) electrons. The van der Waals surface area contributed by atoms with Crippen LogP contribution in [0.5, 0.6) is 11.5 Å². The standard InChI is InChI=1S/C18H19N5O3/c1-25-14-7-3-5-12(9-14)10-16(17-20-22-23-21-17)18(24)19-13-6-4-8-15(11-13)26-2/h3-9,11,16H,10H2,1-2H3,(H,19,24)(H,20,21,22,23)/t16-/m0/s1. The van der Waals surface area contributed by atoms with Gasteiger partial charge < -0.3 is 14.8 Å². The molecule has 8 nitrogen and oxygen atoms in total. The summed E-state index contributed by atoms with van der Waals surface area (Å²) in [5.74, 6) is 0.872. The highest BCUT2D eigenvalue weighted by Crippen LogP contribution is 2.23. The van der Waals surface area contributed by atoms with Crippen molar-refractivity contribution in [3.63, 3.8) is 0 Å². The van der Waals surface area contributed by atoms with Crippen molar-refractivity contribution in [1.29, 1.82) is 0 Å². The molecule has 3 aromatic rings. The van der Waals surface area contributed by atoms with Crippen LogP contribution in [0, 0.1) is 0 Å². The van der Waals surface area contributed by atoms with E-state index in [0.29, 0.717) is 23.7 Å². The Labute approximate surface area is 150 Å². The molecule has 0 aliphatic rings. The van der Waals surface area contributed by atoms with E-state index in [-0.39, 0.29) is 5.91 Å². The summed E-state index contributed by atoms with van der Waals surface area (Å²) in [6.45, 7) is 0. The van der Waals surface area contributed by atoms with Crippen LogP contribution >= 0.6 is 0 Å². The number of benzene rings is 2. The Bertz CT molecular complexity index is 867. The second kappa shape index (κ2) is 8.11. The third-order valence-electron chi connectivity index (χ3n) is 3.90.